The van der Waals surface area contributed by atoms with Crippen LogP contribution < -0.4 is 0 Å². The van der Waals surface area contributed by atoms with E-state index in [0.29, 0.717) is 0 Å². The van der Waals surface area contributed by atoms with E-state index in [0.717, 1.165) is 22.6 Å². The van der Waals surface area contributed by atoms with Gasteiger partial charge < -0.3 is 0 Å². The topological polar surface area (TPSA) is 0 Å². The fraction of sp³-hybridized carbons (Fsp3) is 0.667. The van der Waals surface area contributed by atoms with Crippen LogP contribution >= 0.6 is 15.8 Å². The van der Waals surface area contributed by atoms with Gasteiger partial charge in [0.15, 0.2) is 0 Å². The van der Waals surface area contributed by atoms with Crippen molar-refractivity contribution in [1.29, 1.82) is 0 Å². The summed E-state index contributed by atoms with van der Waals surface area (Å²) >= 11 is 0. The third kappa shape index (κ3) is 19.6. The summed E-state index contributed by atoms with van der Waals surface area (Å²) < 4.78 is 0. The van der Waals surface area contributed by atoms with E-state index < -0.39 is 0 Å². The van der Waals surface area contributed by atoms with E-state index in [2.05, 4.69) is 118 Å². The Morgan fingerprint density at radius 2 is 0.778 bits per heavy atom. The van der Waals surface area contributed by atoms with Crippen molar-refractivity contribution in [3.63, 3.8) is 0 Å². The molecule has 0 aliphatic heterocycles. The van der Waals surface area contributed by atoms with Gasteiger partial charge in [-0.1, -0.05) is 36.5 Å². The van der Waals surface area contributed by atoms with E-state index in [1.54, 1.807) is 0 Å². The molecule has 0 saturated carbocycles. The van der Waals surface area contributed by atoms with Crippen molar-refractivity contribution < 1.29 is 20.4 Å². The monoisotopic (exact) mass is 504 g/mol. The van der Waals surface area contributed by atoms with Gasteiger partial charge in [-0.2, -0.15) is 0 Å². The molecule has 0 spiro atoms. The van der Waals surface area contributed by atoms with E-state index in [1.807, 2.05) is 0 Å². The van der Waals surface area contributed by atoms with Crippen LogP contribution in [-0.2, 0) is 20.4 Å². The molecule has 0 aromatic carbocycles. The SMILES string of the molecule is CC=CC=CC[PH+](C(C)C)C(C)C.CC=CC=CC[PH+](C(C)C)C(C)C.[Pd]. The van der Waals surface area contributed by atoms with Crippen molar-refractivity contribution in [2.75, 3.05) is 12.3 Å². The molecule has 0 aromatic rings. The Morgan fingerprint density at radius 3 is 0.963 bits per heavy atom. The third-order valence-electron chi connectivity index (χ3n) is 4.55. The maximum atomic E-state index is 2.36. The molecule has 0 saturated heterocycles. The van der Waals surface area contributed by atoms with Crippen molar-refractivity contribution in [2.24, 2.45) is 0 Å². The molecule has 0 fully saturated rings. The smallest absolute Gasteiger partial charge is 0.0759 e. The molecule has 0 nitrogen and oxygen atoms in total. The molecular formula is C24H48P2Pd+2. The third-order valence-corrected chi connectivity index (χ3v) is 11.9. The van der Waals surface area contributed by atoms with Gasteiger partial charge in [-0.15, -0.1) is 0 Å². The van der Waals surface area contributed by atoms with E-state index >= 15 is 0 Å². The predicted octanol–water partition coefficient (Wildman–Crippen LogP) is 8.30. The number of rotatable bonds is 10. The van der Waals surface area contributed by atoms with Gasteiger partial charge in [0.1, 0.15) is 0 Å². The van der Waals surface area contributed by atoms with Gasteiger partial charge in [0.05, 0.1) is 35.0 Å². The van der Waals surface area contributed by atoms with E-state index in [4.69, 9.17) is 0 Å². The summed E-state index contributed by atoms with van der Waals surface area (Å²) in [4.78, 5) is 0. The van der Waals surface area contributed by atoms with E-state index in [9.17, 15) is 0 Å². The molecule has 0 unspecified atom stereocenters. The molecule has 0 rings (SSSR count). The number of allylic oxidation sites excluding steroid dienone is 8. The van der Waals surface area contributed by atoms with Crippen LogP contribution in [0.1, 0.15) is 69.2 Å². The Bertz CT molecular complexity index is 362. The fourth-order valence-corrected chi connectivity index (χ4v) is 8.43. The first-order valence-electron chi connectivity index (χ1n) is 10.5. The molecule has 3 heteroatoms. The molecule has 27 heavy (non-hydrogen) atoms. The molecule has 0 atom stereocenters. The van der Waals surface area contributed by atoms with E-state index in [1.165, 1.54) is 12.3 Å². The maximum absolute atomic E-state index is 2.36. The average molecular weight is 505 g/mol. The standard InChI is InChI=1S/2C12H23P.Pd/c2*1-6-7-8-9-10-13(11(2)3)12(4)5;/h2*6-9,11-12H,10H2,1-5H3;/p+2. The van der Waals surface area contributed by atoms with Crippen LogP contribution in [0.4, 0.5) is 0 Å². The Morgan fingerprint density at radius 1 is 0.519 bits per heavy atom. The molecule has 0 bridgehead atoms. The molecule has 0 aliphatic carbocycles. The minimum Gasteiger partial charge on any atom is -0.0877 e. The van der Waals surface area contributed by atoms with Crippen molar-refractivity contribution in [3.8, 4) is 0 Å². The fourth-order valence-electron chi connectivity index (χ4n) is 3.06. The Balaban J connectivity index is -0.000000411. The van der Waals surface area contributed by atoms with Gasteiger partial charge in [0.25, 0.3) is 0 Å². The molecule has 162 valence electrons. The van der Waals surface area contributed by atoms with Gasteiger partial charge in [0, 0.05) is 36.3 Å². The number of hydrogen-bond donors (Lipinski definition) is 0. The largest absolute Gasteiger partial charge is 0.0877 e. The molecule has 0 amide bonds. The summed E-state index contributed by atoms with van der Waals surface area (Å²) in [6.45, 7) is 23.0. The Kier molecular flexibility index (Phi) is 25.2. The van der Waals surface area contributed by atoms with Crippen molar-refractivity contribution in [1.82, 2.24) is 0 Å². The molecule has 0 aliphatic rings. The van der Waals surface area contributed by atoms with Crippen molar-refractivity contribution >= 4 is 15.8 Å². The first-order valence-corrected chi connectivity index (χ1v) is 14.2. The first-order chi connectivity index (χ1) is 12.2. The maximum Gasteiger partial charge on any atom is 0.0759 e. The van der Waals surface area contributed by atoms with Crippen LogP contribution in [-0.4, -0.2) is 35.0 Å². The summed E-state index contributed by atoms with van der Waals surface area (Å²) in [5, 5.41) is 0. The summed E-state index contributed by atoms with van der Waals surface area (Å²) in [5.41, 5.74) is 3.56. The summed E-state index contributed by atoms with van der Waals surface area (Å²) in [6.07, 6.45) is 20.0. The molecule has 0 heterocycles. The molecule has 0 N–H and O–H groups in total. The van der Waals surface area contributed by atoms with Gasteiger partial charge in [-0.25, -0.2) is 0 Å². The van der Waals surface area contributed by atoms with Crippen LogP contribution in [0.3, 0.4) is 0 Å². The normalized spacial score (nSPS) is 12.7. The predicted molar refractivity (Wildman–Crippen MR) is 135 cm³/mol. The summed E-state index contributed by atoms with van der Waals surface area (Å²) in [5.74, 6) is 0. The van der Waals surface area contributed by atoms with Crippen LogP contribution in [0.15, 0.2) is 48.6 Å². The van der Waals surface area contributed by atoms with Gasteiger partial charge in [-0.3, -0.25) is 0 Å². The van der Waals surface area contributed by atoms with Crippen LogP contribution in [0.5, 0.6) is 0 Å². The van der Waals surface area contributed by atoms with Gasteiger partial charge in [0.2, 0.25) is 0 Å². The average Bonchev–Trinajstić information content (AvgIpc) is 2.53. The van der Waals surface area contributed by atoms with Crippen molar-refractivity contribution in [3.05, 3.63) is 48.6 Å². The van der Waals surface area contributed by atoms with Crippen molar-refractivity contribution in [2.45, 2.75) is 91.9 Å². The quantitative estimate of drug-likeness (QED) is 0.159. The van der Waals surface area contributed by atoms with Gasteiger partial charge in [-0.05, 0) is 81.4 Å². The second kappa shape index (κ2) is 21.2. The van der Waals surface area contributed by atoms with Gasteiger partial charge >= 0.3 is 0 Å². The minimum absolute atomic E-state index is 0. The zero-order valence-corrected chi connectivity index (χ0v) is 23.2. The van der Waals surface area contributed by atoms with Crippen LogP contribution in [0.2, 0.25) is 0 Å². The second-order valence-corrected chi connectivity index (χ2v) is 15.8. The number of hydrogen-bond acceptors (Lipinski definition) is 0. The van der Waals surface area contributed by atoms with E-state index in [-0.39, 0.29) is 36.3 Å². The zero-order valence-electron chi connectivity index (χ0n) is 19.7. The Labute approximate surface area is 188 Å². The van der Waals surface area contributed by atoms with Crippen LogP contribution in [0.25, 0.3) is 0 Å². The molecule has 0 aromatic heterocycles. The molecule has 0 radical (unpaired) electrons. The molecular weight excluding hydrogens is 457 g/mol. The minimum atomic E-state index is -0.180. The van der Waals surface area contributed by atoms with Crippen LogP contribution in [0, 0.1) is 0 Å². The first kappa shape index (κ1) is 32.2. The zero-order chi connectivity index (χ0) is 20.5. The Hall–Kier alpha value is 0.482. The second-order valence-electron chi connectivity index (χ2n) is 8.08. The summed E-state index contributed by atoms with van der Waals surface area (Å²) in [7, 11) is -0.360. The summed E-state index contributed by atoms with van der Waals surface area (Å²) in [6, 6.07) is 0.